The van der Waals surface area contributed by atoms with Gasteiger partial charge in [0.05, 0.1) is 6.20 Å². The van der Waals surface area contributed by atoms with Crippen molar-refractivity contribution in [3.8, 4) is 0 Å². The van der Waals surface area contributed by atoms with E-state index in [9.17, 15) is 9.90 Å². The number of hydrogen-bond donors (Lipinski definition) is 1. The van der Waals surface area contributed by atoms with Crippen molar-refractivity contribution < 1.29 is 14.3 Å². The van der Waals surface area contributed by atoms with E-state index in [4.69, 9.17) is 4.42 Å². The molecule has 1 heterocycles. The fourth-order valence-electron chi connectivity index (χ4n) is 2.91. The molecule has 140 valence electrons. The third kappa shape index (κ3) is 5.36. The molecule has 0 spiro atoms. The molecule has 0 saturated carbocycles. The lowest BCUT2D eigenvalue weighted by Gasteiger charge is -2.16. The van der Waals surface area contributed by atoms with Crippen LogP contribution in [0.2, 0.25) is 0 Å². The molecule has 0 fully saturated rings. The van der Waals surface area contributed by atoms with Crippen LogP contribution >= 0.6 is 0 Å². The second-order valence-corrected chi connectivity index (χ2v) is 6.65. The summed E-state index contributed by atoms with van der Waals surface area (Å²) < 4.78 is 5.72. The van der Waals surface area contributed by atoms with Crippen LogP contribution in [0.4, 0.5) is 0 Å². The van der Waals surface area contributed by atoms with Crippen LogP contribution in [0.1, 0.15) is 34.4 Å². The van der Waals surface area contributed by atoms with Crippen LogP contribution in [0.15, 0.2) is 65.2 Å². The number of likely N-dealkylation sites (N-methyl/N-ethyl adjacent to an activating group) is 1. The van der Waals surface area contributed by atoms with Gasteiger partial charge < -0.3 is 19.2 Å². The summed E-state index contributed by atoms with van der Waals surface area (Å²) in [5, 5.41) is 10.3. The van der Waals surface area contributed by atoms with Crippen LogP contribution in [0.25, 0.3) is 0 Å². The summed E-state index contributed by atoms with van der Waals surface area (Å²) in [5.41, 5.74) is 2.99. The predicted octanol–water partition coefficient (Wildman–Crippen LogP) is 3.17. The topological polar surface area (TPSA) is 66.6 Å². The minimum absolute atomic E-state index is 0.324. The highest BCUT2D eigenvalue weighted by molar-refractivity contribution is 5.54. The number of benzene rings is 2. The largest absolute Gasteiger partial charge is 0.442 e. The number of nitrogens with zero attached hydrogens (tertiary/aromatic N) is 2. The number of oxazole rings is 1. The number of carbonyl (C=O) groups is 1. The zero-order valence-electron chi connectivity index (χ0n) is 15.4. The van der Waals surface area contributed by atoms with Gasteiger partial charge in [0.2, 0.25) is 5.89 Å². The summed E-state index contributed by atoms with van der Waals surface area (Å²) in [6.45, 7) is 1.63. The van der Waals surface area contributed by atoms with Crippen molar-refractivity contribution in [2.75, 3.05) is 13.6 Å². The molecule has 1 aromatic heterocycles. The van der Waals surface area contributed by atoms with Gasteiger partial charge in [0.15, 0.2) is 6.10 Å². The van der Waals surface area contributed by atoms with E-state index in [0.29, 0.717) is 18.7 Å². The Labute approximate surface area is 159 Å². The average molecular weight is 364 g/mol. The van der Waals surface area contributed by atoms with E-state index in [0.717, 1.165) is 36.3 Å². The minimum atomic E-state index is -0.845. The van der Waals surface area contributed by atoms with Gasteiger partial charge in [0, 0.05) is 25.9 Å². The Morgan fingerprint density at radius 3 is 2.52 bits per heavy atom. The molecule has 0 amide bonds. The highest BCUT2D eigenvalue weighted by Crippen LogP contribution is 2.21. The standard InChI is InChI=1S/C22H24N2O3/c1-24(16-18-9-7-17(8-10-18)12-14-25)13-11-20-15-23-22(27-20)21(26)19-5-3-2-4-6-19/h2-10,14-15,21,26H,11-13,16H2,1H3. The van der Waals surface area contributed by atoms with Gasteiger partial charge in [-0.1, -0.05) is 54.6 Å². The SMILES string of the molecule is CN(CCc1cnc(C(O)c2ccccc2)o1)Cc1ccc(CC=O)cc1. The molecule has 0 aliphatic rings. The van der Waals surface area contributed by atoms with Crippen LogP contribution < -0.4 is 0 Å². The Hall–Kier alpha value is -2.76. The zero-order valence-corrected chi connectivity index (χ0v) is 15.4. The Morgan fingerprint density at radius 1 is 1.11 bits per heavy atom. The summed E-state index contributed by atoms with van der Waals surface area (Å²) >= 11 is 0. The third-order valence-electron chi connectivity index (χ3n) is 4.46. The van der Waals surface area contributed by atoms with Crippen LogP contribution in [0, 0.1) is 0 Å². The number of aldehydes is 1. The van der Waals surface area contributed by atoms with E-state index < -0.39 is 6.10 Å². The second-order valence-electron chi connectivity index (χ2n) is 6.65. The fraction of sp³-hybridized carbons (Fsp3) is 0.273. The molecule has 2 aromatic carbocycles. The molecular weight excluding hydrogens is 340 g/mol. The molecule has 27 heavy (non-hydrogen) atoms. The lowest BCUT2D eigenvalue weighted by molar-refractivity contribution is -0.107. The third-order valence-corrected chi connectivity index (χ3v) is 4.46. The summed E-state index contributed by atoms with van der Waals surface area (Å²) in [5.74, 6) is 1.08. The van der Waals surface area contributed by atoms with Gasteiger partial charge in [-0.3, -0.25) is 0 Å². The molecule has 0 radical (unpaired) electrons. The van der Waals surface area contributed by atoms with Crippen molar-refractivity contribution in [3.05, 3.63) is 89.1 Å². The molecule has 1 N–H and O–H groups in total. The number of aliphatic hydroxyl groups is 1. The first kappa shape index (κ1) is 19.0. The summed E-state index contributed by atoms with van der Waals surface area (Å²) in [6, 6.07) is 17.5. The van der Waals surface area contributed by atoms with Crippen molar-refractivity contribution in [2.24, 2.45) is 0 Å². The van der Waals surface area contributed by atoms with E-state index in [1.165, 1.54) is 5.56 Å². The zero-order chi connectivity index (χ0) is 19.1. The monoisotopic (exact) mass is 364 g/mol. The fourth-order valence-corrected chi connectivity index (χ4v) is 2.91. The summed E-state index contributed by atoms with van der Waals surface area (Å²) in [4.78, 5) is 17.0. The lowest BCUT2D eigenvalue weighted by Crippen LogP contribution is -2.20. The van der Waals surface area contributed by atoms with Crippen molar-refractivity contribution in [1.29, 1.82) is 0 Å². The quantitative estimate of drug-likeness (QED) is 0.591. The Kier molecular flexibility index (Phi) is 6.52. The number of hydrogen-bond acceptors (Lipinski definition) is 5. The lowest BCUT2D eigenvalue weighted by atomic mass is 10.1. The normalized spacial score (nSPS) is 12.3. The first-order valence-corrected chi connectivity index (χ1v) is 9.03. The highest BCUT2D eigenvalue weighted by Gasteiger charge is 2.16. The molecule has 0 saturated heterocycles. The molecule has 1 unspecified atom stereocenters. The highest BCUT2D eigenvalue weighted by atomic mass is 16.4. The summed E-state index contributed by atoms with van der Waals surface area (Å²) in [7, 11) is 2.05. The second kappa shape index (κ2) is 9.26. The van der Waals surface area contributed by atoms with Gasteiger partial charge in [0.25, 0.3) is 0 Å². The van der Waals surface area contributed by atoms with Crippen LogP contribution in [-0.4, -0.2) is 34.9 Å². The van der Waals surface area contributed by atoms with Gasteiger partial charge >= 0.3 is 0 Å². The van der Waals surface area contributed by atoms with Gasteiger partial charge in [-0.15, -0.1) is 0 Å². The summed E-state index contributed by atoms with van der Waals surface area (Å²) in [6.07, 6.45) is 2.93. The average Bonchev–Trinajstić information content (AvgIpc) is 3.17. The molecule has 3 aromatic rings. The van der Waals surface area contributed by atoms with Crippen molar-refractivity contribution in [2.45, 2.75) is 25.5 Å². The molecule has 0 aliphatic carbocycles. The Morgan fingerprint density at radius 2 is 1.81 bits per heavy atom. The van der Waals surface area contributed by atoms with Crippen LogP contribution in [0.5, 0.6) is 0 Å². The first-order valence-electron chi connectivity index (χ1n) is 9.03. The van der Waals surface area contributed by atoms with Crippen molar-refractivity contribution in [1.82, 2.24) is 9.88 Å². The molecule has 0 bridgehead atoms. The number of aromatic nitrogens is 1. The first-order chi connectivity index (χ1) is 13.2. The van der Waals surface area contributed by atoms with E-state index >= 15 is 0 Å². The molecule has 5 heteroatoms. The van der Waals surface area contributed by atoms with Crippen molar-refractivity contribution in [3.63, 3.8) is 0 Å². The van der Waals surface area contributed by atoms with E-state index in [-0.39, 0.29) is 0 Å². The van der Waals surface area contributed by atoms with Gasteiger partial charge in [-0.2, -0.15) is 0 Å². The molecular formula is C22H24N2O3. The predicted molar refractivity (Wildman–Crippen MR) is 103 cm³/mol. The smallest absolute Gasteiger partial charge is 0.227 e. The minimum Gasteiger partial charge on any atom is -0.442 e. The maximum Gasteiger partial charge on any atom is 0.227 e. The Bertz CT molecular complexity index is 844. The van der Waals surface area contributed by atoms with Gasteiger partial charge in [0.1, 0.15) is 12.0 Å². The van der Waals surface area contributed by atoms with Crippen LogP contribution in [-0.2, 0) is 24.2 Å². The maximum absolute atomic E-state index is 10.5. The molecule has 5 nitrogen and oxygen atoms in total. The van der Waals surface area contributed by atoms with E-state index in [2.05, 4.69) is 29.1 Å². The van der Waals surface area contributed by atoms with Crippen LogP contribution in [0.3, 0.4) is 0 Å². The van der Waals surface area contributed by atoms with Gasteiger partial charge in [-0.05, 0) is 23.7 Å². The Balaban J connectivity index is 1.51. The number of aliphatic hydroxyl groups excluding tert-OH is 1. The molecule has 1 atom stereocenters. The maximum atomic E-state index is 10.5. The molecule has 0 aliphatic heterocycles. The van der Waals surface area contributed by atoms with E-state index in [1.54, 1.807) is 6.20 Å². The number of rotatable bonds is 9. The van der Waals surface area contributed by atoms with E-state index in [1.807, 2.05) is 42.5 Å². The van der Waals surface area contributed by atoms with Crippen molar-refractivity contribution >= 4 is 6.29 Å². The van der Waals surface area contributed by atoms with Gasteiger partial charge in [-0.25, -0.2) is 4.98 Å². The number of carbonyl (C=O) groups excluding carboxylic acids is 1. The molecule has 3 rings (SSSR count).